The second-order valence-corrected chi connectivity index (χ2v) is 20.7. The lowest BCUT2D eigenvalue weighted by molar-refractivity contribution is 0.441. The molecule has 338 valence electrons. The summed E-state index contributed by atoms with van der Waals surface area (Å²) < 4.78 is 0. The summed E-state index contributed by atoms with van der Waals surface area (Å²) in [6.45, 7) is 18.0. The first-order valence-electron chi connectivity index (χ1n) is 24.7. The molecule has 3 aliphatic carbocycles. The van der Waals surface area contributed by atoms with Crippen molar-refractivity contribution in [3.05, 3.63) is 245 Å². The van der Waals surface area contributed by atoms with E-state index in [0.717, 1.165) is 74.1 Å². The molecule has 0 fully saturated rings. The van der Waals surface area contributed by atoms with Crippen molar-refractivity contribution < 1.29 is 5.11 Å². The van der Waals surface area contributed by atoms with E-state index in [4.69, 9.17) is 0 Å². The zero-order valence-corrected chi connectivity index (χ0v) is 40.5. The minimum Gasteiger partial charge on any atom is -0.507 e. The lowest BCUT2D eigenvalue weighted by atomic mass is 9.70. The summed E-state index contributed by atoms with van der Waals surface area (Å²) in [7, 11) is 0. The molecule has 2 atom stereocenters. The van der Waals surface area contributed by atoms with Crippen molar-refractivity contribution in [1.82, 2.24) is 0 Å². The molecule has 8 aromatic carbocycles. The van der Waals surface area contributed by atoms with Gasteiger partial charge in [0, 0.05) is 45.2 Å². The molecule has 0 saturated carbocycles. The molecule has 1 aliphatic heterocycles. The molecule has 4 aliphatic rings. The maximum atomic E-state index is 14.0. The highest BCUT2D eigenvalue weighted by atomic mass is 16.3. The van der Waals surface area contributed by atoms with Crippen LogP contribution >= 0.6 is 0 Å². The van der Waals surface area contributed by atoms with Crippen LogP contribution in [0.3, 0.4) is 0 Å². The number of allylic oxidation sites excluding steroid dienone is 6. The van der Waals surface area contributed by atoms with E-state index in [1.165, 1.54) is 50.3 Å². The van der Waals surface area contributed by atoms with Gasteiger partial charge in [0.25, 0.3) is 0 Å². The van der Waals surface area contributed by atoms with Crippen molar-refractivity contribution in [2.75, 3.05) is 9.80 Å². The Hall–Kier alpha value is -7.62. The fraction of sp³-hybridized carbons (Fsp3) is 0.182. The van der Waals surface area contributed by atoms with Crippen LogP contribution in [0.15, 0.2) is 206 Å². The van der Waals surface area contributed by atoms with E-state index in [2.05, 4.69) is 246 Å². The van der Waals surface area contributed by atoms with Gasteiger partial charge in [-0.1, -0.05) is 179 Å². The molecule has 12 rings (SSSR count). The molecule has 0 amide bonds. The first-order valence-corrected chi connectivity index (χ1v) is 24.7. The lowest BCUT2D eigenvalue weighted by Gasteiger charge is -2.39. The normalized spacial score (nSPS) is 18.4. The van der Waals surface area contributed by atoms with Gasteiger partial charge >= 0.3 is 0 Å². The Morgan fingerprint density at radius 3 is 2.10 bits per heavy atom. The fourth-order valence-corrected chi connectivity index (χ4v) is 13.0. The topological polar surface area (TPSA) is 26.7 Å². The van der Waals surface area contributed by atoms with E-state index in [1.54, 1.807) is 0 Å². The number of para-hydroxylation sites is 1. The SMILES string of the molecule is C=C/C(=C(C)\C=C/C)c1c(N(c2ccc(C(C)(C)C)cc2)c2cccc3c2C2(C)C=CCCC2N3c2ccccc2)cc2c(c1O)-c1c(ccc3ccccc13)C21c2ccccc2-c2ccccc21. The van der Waals surface area contributed by atoms with Gasteiger partial charge in [0.1, 0.15) is 5.75 Å². The molecule has 1 N–H and O–H groups in total. The molecule has 0 saturated heterocycles. The minimum atomic E-state index is -0.725. The Bertz CT molecular complexity index is 3460. The molecule has 0 aromatic heterocycles. The number of anilines is 5. The first-order chi connectivity index (χ1) is 33.5. The van der Waals surface area contributed by atoms with Gasteiger partial charge in [-0.05, 0) is 148 Å². The second-order valence-electron chi connectivity index (χ2n) is 20.7. The molecule has 3 heteroatoms. The molecule has 2 unspecified atom stereocenters. The Morgan fingerprint density at radius 1 is 0.725 bits per heavy atom. The van der Waals surface area contributed by atoms with Gasteiger partial charge < -0.3 is 14.9 Å². The van der Waals surface area contributed by atoms with Crippen molar-refractivity contribution in [2.45, 2.75) is 76.7 Å². The number of rotatable bonds is 7. The number of benzene rings is 8. The Balaban J connectivity index is 1.27. The quantitative estimate of drug-likeness (QED) is 0.128. The van der Waals surface area contributed by atoms with E-state index in [9.17, 15) is 5.11 Å². The molecule has 0 bridgehead atoms. The number of hydrogen-bond donors (Lipinski definition) is 1. The molecule has 0 radical (unpaired) electrons. The van der Waals surface area contributed by atoms with Crippen molar-refractivity contribution in [1.29, 1.82) is 0 Å². The third-order valence-electron chi connectivity index (χ3n) is 15.9. The monoisotopic (exact) mass is 894 g/mol. The first kappa shape index (κ1) is 42.7. The van der Waals surface area contributed by atoms with Gasteiger partial charge in [-0.2, -0.15) is 0 Å². The zero-order valence-electron chi connectivity index (χ0n) is 40.5. The summed E-state index contributed by atoms with van der Waals surface area (Å²) in [4.78, 5) is 5.08. The lowest BCUT2D eigenvalue weighted by Crippen LogP contribution is -2.41. The summed E-state index contributed by atoms with van der Waals surface area (Å²) in [6.07, 6.45) is 13.1. The van der Waals surface area contributed by atoms with Gasteiger partial charge in [-0.25, -0.2) is 0 Å². The highest BCUT2D eigenvalue weighted by molar-refractivity contribution is 6.11. The second kappa shape index (κ2) is 15.7. The van der Waals surface area contributed by atoms with E-state index < -0.39 is 5.41 Å². The van der Waals surface area contributed by atoms with E-state index >= 15 is 0 Å². The standard InChI is InChI=1S/C66H58N2O/c1-8-22-42(3)47(9-2)60-57(41-54-61(63(60)69)59-48-26-14-13-23-43(48)34-39-53(59)66(54)51-29-17-15-27-49(51)50-28-16-18-30-52(50)66)67(46-37-35-44(36-38-46)64(4,5)6)55-31-21-32-56-62(55)65(7)40-20-19-33-58(65)68(56)45-24-11-10-12-25-45/h8-18,20-32,34-41,58,69H,2,19,33H2,1,3-7H3/b22-8-,47-42+. The zero-order chi connectivity index (χ0) is 47.4. The average Bonchev–Trinajstić information content (AvgIpc) is 3.95. The van der Waals surface area contributed by atoms with Gasteiger partial charge in [0.15, 0.2) is 0 Å². The Kier molecular flexibility index (Phi) is 9.73. The number of phenols is 1. The maximum absolute atomic E-state index is 14.0. The van der Waals surface area contributed by atoms with E-state index in [0.29, 0.717) is 0 Å². The predicted octanol–water partition coefficient (Wildman–Crippen LogP) is 17.3. The fourth-order valence-electron chi connectivity index (χ4n) is 13.0. The number of phenolic OH excluding ortho intramolecular Hbond substituents is 1. The molecule has 3 nitrogen and oxygen atoms in total. The van der Waals surface area contributed by atoms with Crippen LogP contribution in [0.2, 0.25) is 0 Å². The molecule has 69 heavy (non-hydrogen) atoms. The Labute approximate surface area is 407 Å². The number of aromatic hydroxyl groups is 1. The van der Waals surface area contributed by atoms with E-state index in [1.807, 2.05) is 6.08 Å². The van der Waals surface area contributed by atoms with Crippen LogP contribution in [0.5, 0.6) is 5.75 Å². The summed E-state index contributed by atoms with van der Waals surface area (Å²) in [5.41, 5.74) is 18.6. The minimum absolute atomic E-state index is 0.0509. The third-order valence-corrected chi connectivity index (χ3v) is 15.9. The Morgan fingerprint density at radius 2 is 1.41 bits per heavy atom. The van der Waals surface area contributed by atoms with Crippen LogP contribution in [0, 0.1) is 0 Å². The molecular formula is C66H58N2O. The maximum Gasteiger partial charge on any atom is 0.133 e. The van der Waals surface area contributed by atoms with Gasteiger partial charge in [-0.3, -0.25) is 0 Å². The van der Waals surface area contributed by atoms with Crippen LogP contribution in [0.25, 0.3) is 38.6 Å². The number of hydrogen-bond acceptors (Lipinski definition) is 3. The molecule has 1 heterocycles. The highest BCUT2D eigenvalue weighted by Crippen LogP contribution is 2.68. The molecule has 8 aromatic rings. The van der Waals surface area contributed by atoms with Crippen molar-refractivity contribution in [2.24, 2.45) is 0 Å². The third kappa shape index (κ3) is 5.99. The highest BCUT2D eigenvalue weighted by Gasteiger charge is 2.54. The molecule has 1 spiro atoms. The van der Waals surface area contributed by atoms with Crippen molar-refractivity contribution in [3.63, 3.8) is 0 Å². The summed E-state index contributed by atoms with van der Waals surface area (Å²) in [5, 5.41) is 16.3. The smallest absolute Gasteiger partial charge is 0.133 e. The summed E-state index contributed by atoms with van der Waals surface area (Å²) in [6, 6.07) is 60.8. The number of nitrogens with zero attached hydrogens (tertiary/aromatic N) is 2. The summed E-state index contributed by atoms with van der Waals surface area (Å²) >= 11 is 0. The van der Waals surface area contributed by atoms with Crippen LogP contribution in [-0.4, -0.2) is 11.1 Å². The number of fused-ring (bicyclic) bond motifs is 15. The van der Waals surface area contributed by atoms with Crippen molar-refractivity contribution >= 4 is 44.8 Å². The van der Waals surface area contributed by atoms with Gasteiger partial charge in [-0.15, -0.1) is 0 Å². The van der Waals surface area contributed by atoms with Crippen LogP contribution in [0.4, 0.5) is 28.4 Å². The van der Waals surface area contributed by atoms with Gasteiger partial charge in [0.05, 0.1) is 16.8 Å². The summed E-state index contributed by atoms with van der Waals surface area (Å²) in [5.74, 6) is 0.258. The molecular weight excluding hydrogens is 837 g/mol. The van der Waals surface area contributed by atoms with Crippen LogP contribution in [-0.2, 0) is 16.2 Å². The largest absolute Gasteiger partial charge is 0.507 e. The van der Waals surface area contributed by atoms with Crippen molar-refractivity contribution in [3.8, 4) is 28.0 Å². The average molecular weight is 895 g/mol. The predicted molar refractivity (Wildman–Crippen MR) is 291 cm³/mol. The van der Waals surface area contributed by atoms with Gasteiger partial charge in [0.2, 0.25) is 0 Å². The van der Waals surface area contributed by atoms with E-state index in [-0.39, 0.29) is 22.6 Å². The van der Waals surface area contributed by atoms with Crippen LogP contribution in [0.1, 0.15) is 93.3 Å². The van der Waals surface area contributed by atoms with Crippen LogP contribution < -0.4 is 9.80 Å².